The molecule has 0 heterocycles. The zero-order valence-electron chi connectivity index (χ0n) is 17.9. The number of benzene rings is 4. The molecule has 4 aromatic rings. The Hall–Kier alpha value is -4.39. The second-order valence-electron chi connectivity index (χ2n) is 7.26. The Labute approximate surface area is 189 Å². The Morgan fingerprint density at radius 3 is 2.18 bits per heavy atom. The molecule has 0 fully saturated rings. The number of aromatic carboxylic acids is 1. The third-order valence-electron chi connectivity index (χ3n) is 5.30. The summed E-state index contributed by atoms with van der Waals surface area (Å²) in [6.45, 7) is 0. The van der Waals surface area contributed by atoms with E-state index >= 15 is 0 Å². The van der Waals surface area contributed by atoms with Crippen LogP contribution in [-0.4, -0.2) is 31.2 Å². The maximum absolute atomic E-state index is 13.3. The lowest BCUT2D eigenvalue weighted by Gasteiger charge is -2.14. The molecule has 0 spiro atoms. The van der Waals surface area contributed by atoms with Crippen LogP contribution < -0.4 is 14.8 Å². The monoisotopic (exact) mass is 445 g/mol. The normalized spacial score (nSPS) is 10.6. The number of carboxylic acids is 1. The molecule has 0 aliphatic carbocycles. The second-order valence-corrected chi connectivity index (χ2v) is 7.26. The minimum absolute atomic E-state index is 0.0735. The van der Waals surface area contributed by atoms with Crippen LogP contribution in [0.25, 0.3) is 21.9 Å². The highest BCUT2D eigenvalue weighted by atomic mass is 19.1. The van der Waals surface area contributed by atoms with Gasteiger partial charge in [0.1, 0.15) is 17.3 Å². The predicted molar refractivity (Wildman–Crippen MR) is 124 cm³/mol. The molecule has 166 valence electrons. The van der Waals surface area contributed by atoms with Gasteiger partial charge >= 0.3 is 5.97 Å². The van der Waals surface area contributed by atoms with E-state index in [1.807, 2.05) is 18.2 Å². The highest BCUT2D eigenvalue weighted by Gasteiger charge is 2.19. The van der Waals surface area contributed by atoms with Crippen LogP contribution >= 0.6 is 0 Å². The highest BCUT2D eigenvalue weighted by molar-refractivity contribution is 6.11. The second kappa shape index (κ2) is 9.00. The number of nitrogens with one attached hydrogen (secondary N) is 1. The van der Waals surface area contributed by atoms with Gasteiger partial charge in [-0.05, 0) is 59.0 Å². The zero-order valence-corrected chi connectivity index (χ0v) is 17.9. The zero-order chi connectivity index (χ0) is 23.5. The van der Waals surface area contributed by atoms with Gasteiger partial charge in [0.15, 0.2) is 0 Å². The fourth-order valence-electron chi connectivity index (χ4n) is 3.65. The van der Waals surface area contributed by atoms with Crippen LogP contribution in [0.15, 0.2) is 72.8 Å². The summed E-state index contributed by atoms with van der Waals surface area (Å²) in [5.41, 5.74) is 1.59. The average molecular weight is 445 g/mol. The van der Waals surface area contributed by atoms with Crippen molar-refractivity contribution in [1.29, 1.82) is 0 Å². The molecule has 0 aliphatic rings. The number of hydrogen-bond acceptors (Lipinski definition) is 4. The summed E-state index contributed by atoms with van der Waals surface area (Å²) in [7, 11) is 3.01. The van der Waals surface area contributed by atoms with Crippen LogP contribution in [0.4, 0.5) is 10.1 Å². The predicted octanol–water partition coefficient (Wildman–Crippen LogP) is 5.61. The molecule has 0 saturated carbocycles. The van der Waals surface area contributed by atoms with Gasteiger partial charge in [0.2, 0.25) is 0 Å². The number of carbonyl (C=O) groups is 2. The molecular weight excluding hydrogens is 425 g/mol. The smallest absolute Gasteiger partial charge is 0.337 e. The topological polar surface area (TPSA) is 84.9 Å². The molecule has 6 nitrogen and oxygen atoms in total. The fraction of sp³-hybridized carbons (Fsp3) is 0.0769. The van der Waals surface area contributed by atoms with E-state index in [0.29, 0.717) is 22.6 Å². The number of carbonyl (C=O) groups excluding carboxylic acids is 1. The van der Waals surface area contributed by atoms with Crippen LogP contribution in [0.5, 0.6) is 11.5 Å². The van der Waals surface area contributed by atoms with Gasteiger partial charge in [0, 0.05) is 5.39 Å². The largest absolute Gasteiger partial charge is 0.496 e. The first-order chi connectivity index (χ1) is 15.9. The van der Waals surface area contributed by atoms with Crippen molar-refractivity contribution >= 4 is 28.3 Å². The molecule has 0 saturated heterocycles. The van der Waals surface area contributed by atoms with Crippen molar-refractivity contribution in [2.45, 2.75) is 0 Å². The molecule has 2 N–H and O–H groups in total. The summed E-state index contributed by atoms with van der Waals surface area (Å²) in [4.78, 5) is 25.0. The fourth-order valence-corrected chi connectivity index (χ4v) is 3.65. The van der Waals surface area contributed by atoms with Gasteiger partial charge in [-0.2, -0.15) is 0 Å². The number of ether oxygens (including phenoxy) is 2. The van der Waals surface area contributed by atoms with Crippen molar-refractivity contribution in [2.75, 3.05) is 19.5 Å². The molecular formula is C26H20FNO5. The molecule has 4 aromatic carbocycles. The molecule has 7 heteroatoms. The summed E-state index contributed by atoms with van der Waals surface area (Å²) < 4.78 is 24.1. The van der Waals surface area contributed by atoms with Gasteiger partial charge in [0.05, 0.1) is 31.0 Å². The van der Waals surface area contributed by atoms with Crippen LogP contribution in [0, 0.1) is 5.82 Å². The van der Waals surface area contributed by atoms with E-state index in [4.69, 9.17) is 9.47 Å². The van der Waals surface area contributed by atoms with Gasteiger partial charge < -0.3 is 19.9 Å². The molecule has 0 unspecified atom stereocenters. The Bertz CT molecular complexity index is 1370. The molecule has 0 radical (unpaired) electrons. The Morgan fingerprint density at radius 1 is 0.818 bits per heavy atom. The van der Waals surface area contributed by atoms with Gasteiger partial charge in [-0.25, -0.2) is 9.18 Å². The number of hydrogen-bond donors (Lipinski definition) is 2. The standard InChI is InChI=1S/C26H20FNO5/c1-32-23-5-3-4-17-12-21(24(33-2)14-20(17)23)25(29)28-22-13-16(8-11-19(22)26(30)31)15-6-9-18(27)10-7-15/h3-14H,1-2H3,(H,28,29)(H,30,31). The van der Waals surface area contributed by atoms with Crippen LogP contribution in [0.2, 0.25) is 0 Å². The first-order valence-electron chi connectivity index (χ1n) is 10.0. The van der Waals surface area contributed by atoms with E-state index in [-0.39, 0.29) is 22.6 Å². The number of halogens is 1. The van der Waals surface area contributed by atoms with Gasteiger partial charge in [-0.1, -0.05) is 30.3 Å². The van der Waals surface area contributed by atoms with E-state index in [2.05, 4.69) is 5.32 Å². The van der Waals surface area contributed by atoms with Crippen molar-refractivity contribution in [3.8, 4) is 22.6 Å². The molecule has 33 heavy (non-hydrogen) atoms. The Kier molecular flexibility index (Phi) is 5.95. The van der Waals surface area contributed by atoms with Gasteiger partial charge in [-0.3, -0.25) is 4.79 Å². The number of carboxylic acid groups (broad SMARTS) is 1. The molecule has 0 aliphatic heterocycles. The molecule has 1 amide bonds. The lowest BCUT2D eigenvalue weighted by Crippen LogP contribution is -2.16. The van der Waals surface area contributed by atoms with Crippen molar-refractivity contribution in [1.82, 2.24) is 0 Å². The molecule has 0 aromatic heterocycles. The maximum Gasteiger partial charge on any atom is 0.337 e. The van der Waals surface area contributed by atoms with Gasteiger partial charge in [-0.15, -0.1) is 0 Å². The SMILES string of the molecule is COc1cc2c(OC)cccc2cc1C(=O)Nc1cc(-c2ccc(F)cc2)ccc1C(=O)O. The van der Waals surface area contributed by atoms with Crippen molar-refractivity contribution in [3.63, 3.8) is 0 Å². The van der Waals surface area contributed by atoms with E-state index in [9.17, 15) is 19.1 Å². The van der Waals surface area contributed by atoms with E-state index < -0.39 is 11.9 Å². The number of rotatable bonds is 6. The van der Waals surface area contributed by atoms with Crippen LogP contribution in [-0.2, 0) is 0 Å². The van der Waals surface area contributed by atoms with Crippen molar-refractivity contribution in [3.05, 3.63) is 89.7 Å². The maximum atomic E-state index is 13.3. The van der Waals surface area contributed by atoms with Crippen LogP contribution in [0.1, 0.15) is 20.7 Å². The third kappa shape index (κ3) is 4.34. The average Bonchev–Trinajstić information content (AvgIpc) is 2.82. The lowest BCUT2D eigenvalue weighted by molar-refractivity contribution is 0.0698. The molecule has 4 rings (SSSR count). The number of methoxy groups -OCH3 is 2. The Balaban J connectivity index is 1.76. The molecule has 0 bridgehead atoms. The quantitative estimate of drug-likeness (QED) is 0.403. The molecule has 0 atom stereocenters. The number of amides is 1. The van der Waals surface area contributed by atoms with Crippen LogP contribution in [0.3, 0.4) is 0 Å². The summed E-state index contributed by atoms with van der Waals surface area (Å²) in [6, 6.07) is 19.2. The van der Waals surface area contributed by atoms with E-state index in [1.165, 1.54) is 25.3 Å². The lowest BCUT2D eigenvalue weighted by atomic mass is 10.0. The third-order valence-corrected chi connectivity index (χ3v) is 5.30. The summed E-state index contributed by atoms with van der Waals surface area (Å²) in [5, 5.41) is 13.8. The summed E-state index contributed by atoms with van der Waals surface area (Å²) in [5.74, 6) is -1.15. The number of anilines is 1. The van der Waals surface area contributed by atoms with Crippen molar-refractivity contribution < 1.29 is 28.6 Å². The summed E-state index contributed by atoms with van der Waals surface area (Å²) >= 11 is 0. The minimum Gasteiger partial charge on any atom is -0.496 e. The van der Waals surface area contributed by atoms with E-state index in [0.717, 1.165) is 10.8 Å². The highest BCUT2D eigenvalue weighted by Crippen LogP contribution is 2.33. The minimum atomic E-state index is -1.19. The summed E-state index contributed by atoms with van der Waals surface area (Å²) in [6.07, 6.45) is 0. The van der Waals surface area contributed by atoms with E-state index in [1.54, 1.807) is 43.5 Å². The Morgan fingerprint density at radius 2 is 1.52 bits per heavy atom. The first-order valence-corrected chi connectivity index (χ1v) is 10.0. The van der Waals surface area contributed by atoms with Gasteiger partial charge in [0.25, 0.3) is 5.91 Å². The van der Waals surface area contributed by atoms with Crippen molar-refractivity contribution in [2.24, 2.45) is 0 Å². The number of fused-ring (bicyclic) bond motifs is 1. The first kappa shape index (κ1) is 21.8.